The molecule has 1 atom stereocenters. The number of ether oxygens (including phenoxy) is 1. The zero-order valence-corrected chi connectivity index (χ0v) is 11.7. The van der Waals surface area contributed by atoms with Gasteiger partial charge in [-0.15, -0.1) is 0 Å². The van der Waals surface area contributed by atoms with Crippen molar-refractivity contribution in [3.8, 4) is 0 Å². The van der Waals surface area contributed by atoms with Gasteiger partial charge in [-0.3, -0.25) is 4.68 Å². The minimum absolute atomic E-state index is 0.460. The van der Waals surface area contributed by atoms with Crippen LogP contribution in [0, 0.1) is 13.8 Å². The summed E-state index contributed by atoms with van der Waals surface area (Å²) in [5.41, 5.74) is 8.28. The predicted molar refractivity (Wildman–Crippen MR) is 71.5 cm³/mol. The van der Waals surface area contributed by atoms with E-state index < -0.39 is 6.10 Å². The quantitative estimate of drug-likeness (QED) is 0.719. The van der Waals surface area contributed by atoms with E-state index in [9.17, 15) is 5.11 Å². The van der Waals surface area contributed by atoms with Crippen molar-refractivity contribution in [3.05, 3.63) is 11.4 Å². The number of nitrogens with zero attached hydrogens (tertiary/aromatic N) is 3. The highest BCUT2D eigenvalue weighted by atomic mass is 16.5. The first-order chi connectivity index (χ1) is 8.45. The number of methoxy groups -OCH3 is 1. The molecule has 0 aliphatic heterocycles. The van der Waals surface area contributed by atoms with Crippen LogP contribution in [0.3, 0.4) is 0 Å². The minimum atomic E-state index is -0.468. The van der Waals surface area contributed by atoms with Crippen molar-refractivity contribution in [1.29, 1.82) is 0 Å². The molecule has 104 valence electrons. The van der Waals surface area contributed by atoms with Gasteiger partial charge in [0.05, 0.1) is 36.3 Å². The molecule has 3 N–H and O–H groups in total. The van der Waals surface area contributed by atoms with Crippen molar-refractivity contribution in [1.82, 2.24) is 14.7 Å². The normalized spacial score (nSPS) is 13.2. The fraction of sp³-hybridized carbons (Fsp3) is 0.750. The standard InChI is InChI=1S/C12H24N4O2/c1-9-12(13)10(2)16(14-9)8-11(17)7-15(3)5-6-18-4/h11,17H,5-8,13H2,1-4H3. The molecule has 0 spiro atoms. The molecular weight excluding hydrogens is 232 g/mol. The van der Waals surface area contributed by atoms with Crippen molar-refractivity contribution >= 4 is 5.69 Å². The summed E-state index contributed by atoms with van der Waals surface area (Å²) in [6, 6.07) is 0. The Morgan fingerprint density at radius 3 is 2.67 bits per heavy atom. The lowest BCUT2D eigenvalue weighted by Gasteiger charge is -2.20. The Labute approximate surface area is 108 Å². The average molecular weight is 256 g/mol. The molecule has 0 saturated heterocycles. The van der Waals surface area contributed by atoms with Crippen molar-refractivity contribution in [2.24, 2.45) is 0 Å². The topological polar surface area (TPSA) is 76.5 Å². The van der Waals surface area contributed by atoms with Gasteiger partial charge in [-0.05, 0) is 20.9 Å². The second-order valence-electron chi connectivity index (χ2n) is 4.68. The van der Waals surface area contributed by atoms with Gasteiger partial charge in [-0.2, -0.15) is 5.10 Å². The van der Waals surface area contributed by atoms with Gasteiger partial charge in [0.2, 0.25) is 0 Å². The van der Waals surface area contributed by atoms with Gasteiger partial charge < -0.3 is 20.5 Å². The molecule has 0 radical (unpaired) electrons. The van der Waals surface area contributed by atoms with Crippen LogP contribution in [-0.2, 0) is 11.3 Å². The molecule has 0 aliphatic rings. The molecule has 1 unspecified atom stereocenters. The van der Waals surface area contributed by atoms with Gasteiger partial charge >= 0.3 is 0 Å². The highest BCUT2D eigenvalue weighted by Gasteiger charge is 2.13. The molecule has 0 saturated carbocycles. The third-order valence-corrected chi connectivity index (χ3v) is 3.02. The van der Waals surface area contributed by atoms with Crippen LogP contribution in [0.2, 0.25) is 0 Å². The first kappa shape index (κ1) is 14.9. The molecule has 18 heavy (non-hydrogen) atoms. The summed E-state index contributed by atoms with van der Waals surface area (Å²) in [4.78, 5) is 2.03. The first-order valence-electron chi connectivity index (χ1n) is 6.10. The van der Waals surface area contributed by atoms with Crippen LogP contribution >= 0.6 is 0 Å². The van der Waals surface area contributed by atoms with E-state index in [0.29, 0.717) is 25.4 Å². The van der Waals surface area contributed by atoms with Gasteiger partial charge in [-0.25, -0.2) is 0 Å². The molecule has 0 bridgehead atoms. The maximum Gasteiger partial charge on any atom is 0.0862 e. The number of hydrogen-bond donors (Lipinski definition) is 2. The van der Waals surface area contributed by atoms with Gasteiger partial charge in [0.25, 0.3) is 0 Å². The number of aliphatic hydroxyl groups is 1. The summed E-state index contributed by atoms with van der Waals surface area (Å²) in [5.74, 6) is 0. The Morgan fingerprint density at radius 2 is 2.17 bits per heavy atom. The summed E-state index contributed by atoms with van der Waals surface area (Å²) in [6.45, 7) is 6.29. The molecule has 1 aromatic heterocycles. The van der Waals surface area contributed by atoms with Crippen LogP contribution in [0.5, 0.6) is 0 Å². The second-order valence-corrected chi connectivity index (χ2v) is 4.68. The number of nitrogen functional groups attached to an aromatic ring is 1. The molecule has 0 amide bonds. The van der Waals surface area contributed by atoms with Gasteiger partial charge in [0.1, 0.15) is 0 Å². The molecule has 0 aromatic carbocycles. The lowest BCUT2D eigenvalue weighted by atomic mass is 10.3. The van der Waals surface area contributed by atoms with Crippen LogP contribution in [-0.4, -0.2) is 59.7 Å². The van der Waals surface area contributed by atoms with Gasteiger partial charge in [0.15, 0.2) is 0 Å². The monoisotopic (exact) mass is 256 g/mol. The number of aryl methyl sites for hydroxylation is 1. The van der Waals surface area contributed by atoms with E-state index in [1.807, 2.05) is 25.8 Å². The Kier molecular flexibility index (Phi) is 5.58. The number of aromatic nitrogens is 2. The molecule has 1 heterocycles. The number of rotatable bonds is 7. The average Bonchev–Trinajstić information content (AvgIpc) is 2.54. The smallest absolute Gasteiger partial charge is 0.0862 e. The number of nitrogens with two attached hydrogens (primary N) is 1. The molecule has 1 rings (SSSR count). The summed E-state index contributed by atoms with van der Waals surface area (Å²) in [7, 11) is 3.63. The molecule has 1 aromatic rings. The van der Waals surface area contributed by atoms with Crippen LogP contribution in [0.25, 0.3) is 0 Å². The van der Waals surface area contributed by atoms with E-state index >= 15 is 0 Å². The lowest BCUT2D eigenvalue weighted by molar-refractivity contribution is 0.0892. The minimum Gasteiger partial charge on any atom is -0.396 e. The number of hydrogen-bond acceptors (Lipinski definition) is 5. The van der Waals surface area contributed by atoms with E-state index in [2.05, 4.69) is 5.10 Å². The molecule has 0 aliphatic carbocycles. The van der Waals surface area contributed by atoms with E-state index in [4.69, 9.17) is 10.5 Å². The van der Waals surface area contributed by atoms with Crippen LogP contribution in [0.4, 0.5) is 5.69 Å². The number of anilines is 1. The molecular formula is C12H24N4O2. The Hall–Kier alpha value is -1.11. The molecule has 6 nitrogen and oxygen atoms in total. The Morgan fingerprint density at radius 1 is 1.50 bits per heavy atom. The van der Waals surface area contributed by atoms with Crippen molar-refractivity contribution in [3.63, 3.8) is 0 Å². The highest BCUT2D eigenvalue weighted by Crippen LogP contribution is 2.15. The van der Waals surface area contributed by atoms with Crippen molar-refractivity contribution < 1.29 is 9.84 Å². The highest BCUT2D eigenvalue weighted by molar-refractivity contribution is 5.46. The van der Waals surface area contributed by atoms with Crippen LogP contribution < -0.4 is 5.73 Å². The Bertz CT molecular complexity index is 378. The second kappa shape index (κ2) is 6.72. The summed E-state index contributed by atoms with van der Waals surface area (Å²) >= 11 is 0. The maximum absolute atomic E-state index is 10.0. The summed E-state index contributed by atoms with van der Waals surface area (Å²) < 4.78 is 6.76. The SMILES string of the molecule is COCCN(C)CC(O)Cn1nc(C)c(N)c1C. The fourth-order valence-corrected chi connectivity index (χ4v) is 1.84. The van der Waals surface area contributed by atoms with Crippen LogP contribution in [0.15, 0.2) is 0 Å². The first-order valence-corrected chi connectivity index (χ1v) is 6.10. The molecule has 6 heteroatoms. The lowest BCUT2D eigenvalue weighted by Crippen LogP contribution is -2.34. The van der Waals surface area contributed by atoms with Crippen LogP contribution in [0.1, 0.15) is 11.4 Å². The predicted octanol–water partition coefficient (Wildman–Crippen LogP) is 0.0212. The largest absolute Gasteiger partial charge is 0.396 e. The van der Waals surface area contributed by atoms with E-state index in [1.54, 1.807) is 11.8 Å². The number of likely N-dealkylation sites (N-methyl/N-ethyl adjacent to an activating group) is 1. The third kappa shape index (κ3) is 3.97. The fourth-order valence-electron chi connectivity index (χ4n) is 1.84. The molecule has 0 fully saturated rings. The zero-order valence-electron chi connectivity index (χ0n) is 11.7. The zero-order chi connectivity index (χ0) is 13.7. The van der Waals surface area contributed by atoms with Crippen molar-refractivity contribution in [2.75, 3.05) is 39.6 Å². The van der Waals surface area contributed by atoms with Crippen molar-refractivity contribution in [2.45, 2.75) is 26.5 Å². The van der Waals surface area contributed by atoms with E-state index in [-0.39, 0.29) is 0 Å². The summed E-state index contributed by atoms with van der Waals surface area (Å²) in [6.07, 6.45) is -0.468. The number of aliphatic hydroxyl groups excluding tert-OH is 1. The van der Waals surface area contributed by atoms with Gasteiger partial charge in [-0.1, -0.05) is 0 Å². The Balaban J connectivity index is 2.49. The van der Waals surface area contributed by atoms with Gasteiger partial charge in [0, 0.05) is 20.2 Å². The third-order valence-electron chi connectivity index (χ3n) is 3.02. The van der Waals surface area contributed by atoms with E-state index in [1.165, 1.54) is 0 Å². The maximum atomic E-state index is 10.0. The summed E-state index contributed by atoms with van der Waals surface area (Å²) in [5, 5.41) is 14.3. The van der Waals surface area contributed by atoms with E-state index in [0.717, 1.165) is 17.9 Å².